The molecule has 0 unspecified atom stereocenters. The molecule has 0 aliphatic heterocycles. The van der Waals surface area contributed by atoms with Crippen LogP contribution in [0.5, 0.6) is 0 Å². The van der Waals surface area contributed by atoms with Gasteiger partial charge < -0.3 is 0 Å². The lowest BCUT2D eigenvalue weighted by atomic mass is 9.90. The largest absolute Gasteiger partial charge is 0.207 e. The molecule has 1 aromatic heterocycles. The van der Waals surface area contributed by atoms with E-state index in [1.165, 1.54) is 9.40 Å². The van der Waals surface area contributed by atoms with Gasteiger partial charge in [0.05, 0.1) is 0 Å². The molecule has 0 spiro atoms. The van der Waals surface area contributed by atoms with Crippen molar-refractivity contribution in [1.29, 1.82) is 0 Å². The van der Waals surface area contributed by atoms with Gasteiger partial charge in [-0.3, -0.25) is 0 Å². The summed E-state index contributed by atoms with van der Waals surface area (Å²) >= 11 is 1.79. The first-order valence-corrected chi connectivity index (χ1v) is 13.8. The van der Waals surface area contributed by atoms with Gasteiger partial charge in [-0.15, -0.1) is 11.3 Å². The smallest absolute Gasteiger partial charge is 0.123 e. The normalized spacial score (nSPS) is 12.4. The molecule has 9 rings (SSSR count). The molecule has 3 heteroatoms. The van der Waals surface area contributed by atoms with Crippen LogP contribution in [0.4, 0.5) is 8.78 Å². The molecule has 182 valence electrons. The van der Waals surface area contributed by atoms with Crippen LogP contribution in [-0.2, 0) is 0 Å². The van der Waals surface area contributed by atoms with Crippen LogP contribution < -0.4 is 0 Å². The molecule has 0 saturated heterocycles. The second-order valence-corrected chi connectivity index (χ2v) is 11.3. The average Bonchev–Trinajstić information content (AvgIpc) is 3.37. The minimum absolute atomic E-state index is 0.250. The zero-order valence-electron chi connectivity index (χ0n) is 20.6. The van der Waals surface area contributed by atoms with Gasteiger partial charge in [0.2, 0.25) is 0 Å². The van der Waals surface area contributed by atoms with E-state index in [1.54, 1.807) is 35.6 Å². The van der Waals surface area contributed by atoms with Crippen LogP contribution in [0.25, 0.3) is 84.8 Å². The molecule has 8 aromatic carbocycles. The Morgan fingerprint density at radius 2 is 0.795 bits per heavy atom. The van der Waals surface area contributed by atoms with Crippen LogP contribution in [0.3, 0.4) is 0 Å². The van der Waals surface area contributed by atoms with E-state index >= 15 is 0 Å². The van der Waals surface area contributed by atoms with E-state index in [0.717, 1.165) is 75.4 Å². The van der Waals surface area contributed by atoms with Gasteiger partial charge in [-0.25, -0.2) is 8.78 Å². The lowest BCUT2D eigenvalue weighted by Gasteiger charge is -2.12. The van der Waals surface area contributed by atoms with Gasteiger partial charge in [0.25, 0.3) is 0 Å². The number of rotatable bonds is 0. The molecule has 1 heterocycles. The summed E-state index contributed by atoms with van der Waals surface area (Å²) in [7, 11) is 0. The van der Waals surface area contributed by atoms with Gasteiger partial charge in [0.15, 0.2) is 0 Å². The Kier molecular flexibility index (Phi) is 4.10. The molecule has 0 bridgehead atoms. The molecule has 0 atom stereocenters. The highest BCUT2D eigenvalue weighted by Gasteiger charge is 2.21. The van der Waals surface area contributed by atoms with Crippen LogP contribution in [0, 0.1) is 11.6 Å². The van der Waals surface area contributed by atoms with Crippen LogP contribution in [0.15, 0.2) is 109 Å². The summed E-state index contributed by atoms with van der Waals surface area (Å²) in [5.74, 6) is -0.501. The summed E-state index contributed by atoms with van der Waals surface area (Å²) in [6.45, 7) is 0. The molecular formula is C36H18F2S. The van der Waals surface area contributed by atoms with E-state index in [2.05, 4.69) is 48.5 Å². The van der Waals surface area contributed by atoms with Crippen molar-refractivity contribution in [2.45, 2.75) is 0 Å². The number of hydrogen-bond acceptors (Lipinski definition) is 1. The highest BCUT2D eigenvalue weighted by atomic mass is 32.1. The van der Waals surface area contributed by atoms with Crippen LogP contribution in [-0.4, -0.2) is 0 Å². The fraction of sp³-hybridized carbons (Fsp3) is 0. The first kappa shape index (κ1) is 21.3. The number of benzene rings is 8. The first-order valence-electron chi connectivity index (χ1n) is 13.0. The molecule has 39 heavy (non-hydrogen) atoms. The van der Waals surface area contributed by atoms with E-state index < -0.39 is 0 Å². The Balaban J connectivity index is 1.66. The minimum Gasteiger partial charge on any atom is -0.207 e. The number of thiophene rings is 1. The molecule has 0 amide bonds. The highest BCUT2D eigenvalue weighted by molar-refractivity contribution is 7.28. The SMILES string of the molecule is Fc1ccc2c(c1)c1c3ccccc3ccc1c1sc3c4ccc5ccccc5c4c4cc(F)ccc4c3c21. The maximum atomic E-state index is 14.8. The fourth-order valence-electron chi connectivity index (χ4n) is 6.71. The summed E-state index contributed by atoms with van der Waals surface area (Å²) in [6.07, 6.45) is 0. The van der Waals surface area contributed by atoms with Gasteiger partial charge in [0, 0.05) is 30.9 Å². The van der Waals surface area contributed by atoms with Gasteiger partial charge >= 0.3 is 0 Å². The van der Waals surface area contributed by atoms with E-state index in [4.69, 9.17) is 0 Å². The first-order chi connectivity index (χ1) is 19.2. The standard InChI is InChI=1S/C36H18F2S/c37-21-11-15-25-29(17-21)31-23-7-3-1-5-19(23)9-13-27(31)35-33(25)34-26-16-12-22(38)18-30(26)32-24-8-4-2-6-20(24)10-14-28(32)36(34)39-35/h1-18H. The molecule has 0 aliphatic rings. The van der Waals surface area contributed by atoms with Crippen LogP contribution in [0.1, 0.15) is 0 Å². The van der Waals surface area contributed by atoms with Crippen molar-refractivity contribution >= 4 is 96.1 Å². The summed E-state index contributed by atoms with van der Waals surface area (Å²) in [4.78, 5) is 0. The zero-order valence-corrected chi connectivity index (χ0v) is 21.4. The molecular weight excluding hydrogens is 502 g/mol. The van der Waals surface area contributed by atoms with E-state index in [9.17, 15) is 8.78 Å². The third-order valence-electron chi connectivity index (χ3n) is 8.30. The van der Waals surface area contributed by atoms with Crippen molar-refractivity contribution < 1.29 is 8.78 Å². The number of halogens is 2. The van der Waals surface area contributed by atoms with Crippen molar-refractivity contribution in [3.8, 4) is 0 Å². The van der Waals surface area contributed by atoms with Crippen molar-refractivity contribution in [2.75, 3.05) is 0 Å². The van der Waals surface area contributed by atoms with Crippen molar-refractivity contribution in [3.05, 3.63) is 121 Å². The minimum atomic E-state index is -0.250. The van der Waals surface area contributed by atoms with Crippen molar-refractivity contribution in [3.63, 3.8) is 0 Å². The Morgan fingerprint density at radius 1 is 0.359 bits per heavy atom. The second-order valence-electron chi connectivity index (χ2n) is 10.3. The number of hydrogen-bond donors (Lipinski definition) is 0. The fourth-order valence-corrected chi connectivity index (χ4v) is 8.10. The molecule has 0 fully saturated rings. The second kappa shape index (κ2) is 7.49. The van der Waals surface area contributed by atoms with E-state index in [0.29, 0.717) is 0 Å². The maximum Gasteiger partial charge on any atom is 0.123 e. The van der Waals surface area contributed by atoms with Crippen LogP contribution in [0.2, 0.25) is 0 Å². The number of fused-ring (bicyclic) bond motifs is 17. The Hall–Kier alpha value is -4.60. The quantitative estimate of drug-likeness (QED) is 0.174. The maximum absolute atomic E-state index is 14.8. The summed E-state index contributed by atoms with van der Waals surface area (Å²) in [5, 5.41) is 15.0. The van der Waals surface area contributed by atoms with Gasteiger partial charge in [-0.1, -0.05) is 84.9 Å². The lowest BCUT2D eigenvalue weighted by molar-refractivity contribution is 0.629. The predicted octanol–water partition coefficient (Wildman–Crippen LogP) is 11.3. The lowest BCUT2D eigenvalue weighted by Crippen LogP contribution is -1.86. The molecule has 0 nitrogen and oxygen atoms in total. The van der Waals surface area contributed by atoms with Crippen molar-refractivity contribution in [2.24, 2.45) is 0 Å². The van der Waals surface area contributed by atoms with E-state index in [-0.39, 0.29) is 11.6 Å². The Labute approximate surface area is 225 Å². The van der Waals surface area contributed by atoms with Gasteiger partial charge in [-0.2, -0.15) is 0 Å². The average molecular weight is 521 g/mol. The molecule has 0 N–H and O–H groups in total. The van der Waals surface area contributed by atoms with E-state index in [1.807, 2.05) is 36.4 Å². The van der Waals surface area contributed by atoms with Gasteiger partial charge in [-0.05, 0) is 78.1 Å². The third kappa shape index (κ3) is 2.75. The predicted molar refractivity (Wildman–Crippen MR) is 164 cm³/mol. The zero-order chi connectivity index (χ0) is 25.8. The third-order valence-corrected chi connectivity index (χ3v) is 9.55. The van der Waals surface area contributed by atoms with Crippen molar-refractivity contribution in [1.82, 2.24) is 0 Å². The Morgan fingerprint density at radius 3 is 1.28 bits per heavy atom. The molecule has 0 aliphatic carbocycles. The highest BCUT2D eigenvalue weighted by Crippen LogP contribution is 2.51. The topological polar surface area (TPSA) is 0 Å². The summed E-state index contributed by atoms with van der Waals surface area (Å²) < 4.78 is 32.0. The summed E-state index contributed by atoms with van der Waals surface area (Å²) in [5.41, 5.74) is 0. The Bertz CT molecular complexity index is 2340. The monoisotopic (exact) mass is 520 g/mol. The van der Waals surface area contributed by atoms with Crippen LogP contribution >= 0.6 is 11.3 Å². The van der Waals surface area contributed by atoms with Gasteiger partial charge in [0.1, 0.15) is 11.6 Å². The molecule has 0 radical (unpaired) electrons. The molecule has 0 saturated carbocycles. The summed E-state index contributed by atoms with van der Waals surface area (Å²) in [6, 6.07) is 35.6. The molecule has 9 aromatic rings.